The largest absolute Gasteiger partial charge is 0.302 e. The summed E-state index contributed by atoms with van der Waals surface area (Å²) in [5, 5.41) is 18.7. The summed E-state index contributed by atoms with van der Waals surface area (Å²) in [6.07, 6.45) is 4.96. The van der Waals surface area contributed by atoms with Crippen LogP contribution in [0.15, 0.2) is 32.7 Å². The van der Waals surface area contributed by atoms with Crippen LogP contribution >= 0.6 is 27.7 Å². The van der Waals surface area contributed by atoms with Crippen molar-refractivity contribution in [2.24, 2.45) is 0 Å². The lowest BCUT2D eigenvalue weighted by Gasteiger charge is -2.09. The average Bonchev–Trinajstić information content (AvgIpc) is 3.40. The molecule has 0 N–H and O–H groups in total. The topological polar surface area (TPSA) is 54.5 Å². The molecule has 21 heavy (non-hydrogen) atoms. The second kappa shape index (κ2) is 5.15. The Kier molecular flexibility index (Phi) is 3.27. The van der Waals surface area contributed by atoms with Gasteiger partial charge in [-0.15, -0.1) is 10.2 Å². The first-order valence-corrected chi connectivity index (χ1v) is 8.69. The van der Waals surface area contributed by atoms with E-state index >= 15 is 0 Å². The molecule has 2 aromatic rings. The summed E-state index contributed by atoms with van der Waals surface area (Å²) in [6.45, 7) is 0. The van der Waals surface area contributed by atoms with Gasteiger partial charge in [-0.05, 0) is 71.6 Å². The Hall–Kier alpha value is -1.32. The first-order chi connectivity index (χ1) is 10.3. The third kappa shape index (κ3) is 2.60. The van der Waals surface area contributed by atoms with Gasteiger partial charge in [0.15, 0.2) is 5.16 Å². The fourth-order valence-electron chi connectivity index (χ4n) is 2.41. The molecular weight excluding hydrogens is 348 g/mol. The molecule has 1 aromatic carbocycles. The van der Waals surface area contributed by atoms with Gasteiger partial charge in [0.2, 0.25) is 0 Å². The summed E-state index contributed by atoms with van der Waals surface area (Å²) in [7, 11) is 0. The maximum absolute atomic E-state index is 8.94. The van der Waals surface area contributed by atoms with Crippen molar-refractivity contribution in [1.82, 2.24) is 14.8 Å². The minimum Gasteiger partial charge on any atom is -0.302 e. The van der Waals surface area contributed by atoms with Crippen LogP contribution in [0.3, 0.4) is 0 Å². The molecule has 106 valence electrons. The quantitative estimate of drug-likeness (QED) is 0.816. The van der Waals surface area contributed by atoms with E-state index in [1.807, 2.05) is 18.2 Å². The molecule has 1 heterocycles. The first kappa shape index (κ1) is 13.4. The highest BCUT2D eigenvalue weighted by Crippen LogP contribution is 2.47. The van der Waals surface area contributed by atoms with E-state index in [0.717, 1.165) is 14.5 Å². The lowest BCUT2D eigenvalue weighted by atomic mass is 10.2. The number of nitriles is 1. The molecule has 2 saturated carbocycles. The Morgan fingerprint density at radius 1 is 1.24 bits per heavy atom. The van der Waals surface area contributed by atoms with E-state index in [4.69, 9.17) is 5.26 Å². The van der Waals surface area contributed by atoms with Gasteiger partial charge in [0.25, 0.3) is 0 Å². The van der Waals surface area contributed by atoms with Crippen LogP contribution in [0.2, 0.25) is 0 Å². The van der Waals surface area contributed by atoms with Gasteiger partial charge in [0.05, 0.1) is 11.6 Å². The van der Waals surface area contributed by atoms with Crippen LogP contribution < -0.4 is 0 Å². The SMILES string of the molecule is N#Cc1ccc(Sc2nnc(C3CC3)n2C2CC2)c(Br)c1. The molecule has 0 radical (unpaired) electrons. The van der Waals surface area contributed by atoms with Crippen molar-refractivity contribution in [3.63, 3.8) is 0 Å². The van der Waals surface area contributed by atoms with Crippen molar-refractivity contribution in [1.29, 1.82) is 5.26 Å². The zero-order valence-electron chi connectivity index (χ0n) is 11.3. The maximum Gasteiger partial charge on any atom is 0.196 e. The van der Waals surface area contributed by atoms with Crippen molar-refractivity contribution in [2.45, 2.75) is 47.7 Å². The highest BCUT2D eigenvalue weighted by atomic mass is 79.9. The smallest absolute Gasteiger partial charge is 0.196 e. The minimum atomic E-state index is 0.593. The number of hydrogen-bond acceptors (Lipinski definition) is 4. The van der Waals surface area contributed by atoms with Crippen LogP contribution in [-0.4, -0.2) is 14.8 Å². The van der Waals surface area contributed by atoms with E-state index in [-0.39, 0.29) is 0 Å². The summed E-state index contributed by atoms with van der Waals surface area (Å²) < 4.78 is 3.28. The van der Waals surface area contributed by atoms with Gasteiger partial charge in [-0.1, -0.05) is 0 Å². The van der Waals surface area contributed by atoms with Crippen molar-refractivity contribution >= 4 is 27.7 Å². The van der Waals surface area contributed by atoms with Crippen LogP contribution in [0.5, 0.6) is 0 Å². The van der Waals surface area contributed by atoms with Crippen molar-refractivity contribution in [3.8, 4) is 6.07 Å². The predicted octanol–water partition coefficient (Wildman–Crippen LogP) is 4.28. The van der Waals surface area contributed by atoms with Gasteiger partial charge in [-0.2, -0.15) is 5.26 Å². The predicted molar refractivity (Wildman–Crippen MR) is 83.2 cm³/mol. The molecule has 0 spiro atoms. The van der Waals surface area contributed by atoms with Gasteiger partial charge in [-0.3, -0.25) is 0 Å². The van der Waals surface area contributed by atoms with Crippen LogP contribution in [-0.2, 0) is 0 Å². The fraction of sp³-hybridized carbons (Fsp3) is 0.400. The van der Waals surface area contributed by atoms with Crippen LogP contribution in [0.25, 0.3) is 0 Å². The standard InChI is InChI=1S/C15H13BrN4S/c16-12-7-9(8-17)1-6-13(12)21-15-19-18-14(10-2-3-10)20(15)11-4-5-11/h1,6-7,10-11H,2-5H2. The monoisotopic (exact) mass is 360 g/mol. The second-order valence-corrected chi connectivity index (χ2v) is 7.44. The van der Waals surface area contributed by atoms with E-state index < -0.39 is 0 Å². The number of hydrogen-bond donors (Lipinski definition) is 0. The zero-order valence-corrected chi connectivity index (χ0v) is 13.7. The highest BCUT2D eigenvalue weighted by molar-refractivity contribution is 9.10. The van der Waals surface area contributed by atoms with Gasteiger partial charge < -0.3 is 4.57 Å². The number of aromatic nitrogens is 3. The Morgan fingerprint density at radius 3 is 2.67 bits per heavy atom. The summed E-state index contributed by atoms with van der Waals surface area (Å²) in [4.78, 5) is 1.07. The normalized spacial score (nSPS) is 17.7. The number of rotatable bonds is 4. The summed E-state index contributed by atoms with van der Waals surface area (Å²) >= 11 is 5.17. The summed E-state index contributed by atoms with van der Waals surface area (Å²) in [5.74, 6) is 1.79. The second-order valence-electron chi connectivity index (χ2n) is 5.58. The Morgan fingerprint density at radius 2 is 2.05 bits per heavy atom. The summed E-state index contributed by atoms with van der Waals surface area (Å²) in [6, 6.07) is 8.40. The molecular formula is C15H13BrN4S. The van der Waals surface area contributed by atoms with Gasteiger partial charge in [0.1, 0.15) is 5.82 Å². The lowest BCUT2D eigenvalue weighted by molar-refractivity contribution is 0.627. The molecule has 2 fully saturated rings. The van der Waals surface area contributed by atoms with Gasteiger partial charge >= 0.3 is 0 Å². The molecule has 4 rings (SSSR count). The Balaban J connectivity index is 1.67. The minimum absolute atomic E-state index is 0.593. The van der Waals surface area contributed by atoms with E-state index in [1.165, 1.54) is 31.5 Å². The van der Waals surface area contributed by atoms with Crippen LogP contribution in [0, 0.1) is 11.3 Å². The summed E-state index contributed by atoms with van der Waals surface area (Å²) in [5.41, 5.74) is 0.661. The van der Waals surface area contributed by atoms with E-state index in [0.29, 0.717) is 17.5 Å². The van der Waals surface area contributed by atoms with Crippen molar-refractivity contribution in [2.75, 3.05) is 0 Å². The molecule has 6 heteroatoms. The van der Waals surface area contributed by atoms with Crippen LogP contribution in [0.4, 0.5) is 0 Å². The molecule has 0 amide bonds. The third-order valence-corrected chi connectivity index (χ3v) is 5.76. The Labute approximate surface area is 135 Å². The number of halogens is 1. The zero-order chi connectivity index (χ0) is 14.4. The highest BCUT2D eigenvalue weighted by Gasteiger charge is 2.36. The molecule has 4 nitrogen and oxygen atoms in total. The number of nitrogens with zero attached hydrogens (tertiary/aromatic N) is 4. The van der Waals surface area contributed by atoms with E-state index in [9.17, 15) is 0 Å². The fourth-order valence-corrected chi connectivity index (χ4v) is 3.94. The van der Waals surface area contributed by atoms with Crippen LogP contribution in [0.1, 0.15) is 49.0 Å². The average molecular weight is 361 g/mol. The van der Waals surface area contributed by atoms with Gasteiger partial charge in [-0.25, -0.2) is 0 Å². The lowest BCUT2D eigenvalue weighted by Crippen LogP contribution is -2.01. The first-order valence-electron chi connectivity index (χ1n) is 7.08. The number of benzene rings is 1. The molecule has 0 bridgehead atoms. The maximum atomic E-state index is 8.94. The van der Waals surface area contributed by atoms with Crippen molar-refractivity contribution < 1.29 is 0 Å². The molecule has 0 saturated heterocycles. The molecule has 0 aliphatic heterocycles. The van der Waals surface area contributed by atoms with E-state index in [2.05, 4.69) is 36.8 Å². The molecule has 2 aliphatic rings. The van der Waals surface area contributed by atoms with Crippen molar-refractivity contribution in [3.05, 3.63) is 34.1 Å². The van der Waals surface area contributed by atoms with E-state index in [1.54, 1.807) is 11.8 Å². The molecule has 0 atom stereocenters. The Bertz CT molecular complexity index is 741. The molecule has 2 aliphatic carbocycles. The molecule has 0 unspecified atom stereocenters. The molecule has 1 aromatic heterocycles. The van der Waals surface area contributed by atoms with Gasteiger partial charge in [0, 0.05) is 21.3 Å². The third-order valence-electron chi connectivity index (χ3n) is 3.81.